The first-order chi connectivity index (χ1) is 20.0. The van der Waals surface area contributed by atoms with Gasteiger partial charge in [0, 0.05) is 27.2 Å². The number of thiazole rings is 1. The van der Waals surface area contributed by atoms with Gasteiger partial charge in [0.1, 0.15) is 0 Å². The predicted octanol–water partition coefficient (Wildman–Crippen LogP) is 8.98. The second kappa shape index (κ2) is 15.4. The van der Waals surface area contributed by atoms with Crippen molar-refractivity contribution in [1.82, 2.24) is 10.4 Å². The molecule has 0 fully saturated rings. The molecule has 3 aromatic carbocycles. The SMILES string of the molecule is CCCCCCOc1c(Cl)cc(/C=N\NC(=O)c2ccc(-c3csc(Nc4ccc(Cl)cc4)n3)cc2)cc1OCC. The van der Waals surface area contributed by atoms with E-state index in [9.17, 15) is 4.79 Å². The molecule has 4 rings (SSSR count). The number of unbranched alkanes of at least 4 members (excludes halogenated alkanes) is 3. The van der Waals surface area contributed by atoms with E-state index in [1.54, 1.807) is 24.3 Å². The maximum absolute atomic E-state index is 12.7. The summed E-state index contributed by atoms with van der Waals surface area (Å²) in [7, 11) is 0. The minimum absolute atomic E-state index is 0.334. The molecule has 0 unspecified atom stereocenters. The van der Waals surface area contributed by atoms with Crippen LogP contribution in [0, 0.1) is 0 Å². The molecule has 0 radical (unpaired) electrons. The highest BCUT2D eigenvalue weighted by Gasteiger charge is 2.13. The maximum atomic E-state index is 12.7. The van der Waals surface area contributed by atoms with Crippen LogP contribution in [-0.2, 0) is 0 Å². The number of hydrogen-bond donors (Lipinski definition) is 2. The summed E-state index contributed by atoms with van der Waals surface area (Å²) in [5.74, 6) is 0.742. The lowest BCUT2D eigenvalue weighted by Crippen LogP contribution is -2.17. The Morgan fingerprint density at radius 2 is 1.78 bits per heavy atom. The zero-order chi connectivity index (χ0) is 29.0. The first-order valence-electron chi connectivity index (χ1n) is 13.5. The van der Waals surface area contributed by atoms with Gasteiger partial charge in [0.2, 0.25) is 0 Å². The van der Waals surface area contributed by atoms with Crippen molar-refractivity contribution in [2.45, 2.75) is 39.5 Å². The van der Waals surface area contributed by atoms with E-state index >= 15 is 0 Å². The molecule has 0 atom stereocenters. The Morgan fingerprint density at radius 3 is 2.51 bits per heavy atom. The number of nitrogens with one attached hydrogen (secondary N) is 2. The maximum Gasteiger partial charge on any atom is 0.271 e. The highest BCUT2D eigenvalue weighted by molar-refractivity contribution is 7.14. The Balaban J connectivity index is 1.34. The highest BCUT2D eigenvalue weighted by Crippen LogP contribution is 2.36. The lowest BCUT2D eigenvalue weighted by atomic mass is 10.1. The zero-order valence-electron chi connectivity index (χ0n) is 23.0. The summed E-state index contributed by atoms with van der Waals surface area (Å²) in [5, 5.41) is 11.2. The van der Waals surface area contributed by atoms with E-state index < -0.39 is 0 Å². The fourth-order valence-corrected chi connectivity index (χ4v) is 5.05. The van der Waals surface area contributed by atoms with Gasteiger partial charge >= 0.3 is 0 Å². The molecule has 0 aliphatic rings. The van der Waals surface area contributed by atoms with Crippen LogP contribution in [0.5, 0.6) is 11.5 Å². The van der Waals surface area contributed by atoms with Crippen molar-refractivity contribution in [3.05, 3.63) is 87.2 Å². The van der Waals surface area contributed by atoms with Crippen molar-refractivity contribution in [2.75, 3.05) is 18.5 Å². The molecule has 41 heavy (non-hydrogen) atoms. The summed E-state index contributed by atoms with van der Waals surface area (Å²) in [5.41, 5.74) is 6.33. The van der Waals surface area contributed by atoms with Crippen molar-refractivity contribution in [1.29, 1.82) is 0 Å². The minimum Gasteiger partial charge on any atom is -0.490 e. The molecule has 0 saturated heterocycles. The van der Waals surface area contributed by atoms with Gasteiger partial charge in [-0.3, -0.25) is 4.79 Å². The van der Waals surface area contributed by atoms with Gasteiger partial charge in [0.05, 0.1) is 30.1 Å². The van der Waals surface area contributed by atoms with Crippen LogP contribution in [0.1, 0.15) is 55.5 Å². The van der Waals surface area contributed by atoms with Gasteiger partial charge in [-0.1, -0.05) is 61.5 Å². The minimum atomic E-state index is -0.334. The summed E-state index contributed by atoms with van der Waals surface area (Å²) in [6.07, 6.45) is 5.93. The van der Waals surface area contributed by atoms with Crippen LogP contribution in [0.15, 0.2) is 71.1 Å². The standard InChI is InChI=1S/C31H32Cl2N4O3S/c1-3-5-6-7-16-40-29-26(33)17-21(18-28(29)39-4-2)19-34-37-30(38)23-10-8-22(9-11-23)27-20-41-31(36-27)35-25-14-12-24(32)13-15-25/h8-15,17-20H,3-7,16H2,1-2H3,(H,35,36)(H,37,38)/b34-19-. The van der Waals surface area contributed by atoms with Gasteiger partial charge in [-0.05, 0) is 67.4 Å². The van der Waals surface area contributed by atoms with Crippen LogP contribution in [0.25, 0.3) is 11.3 Å². The van der Waals surface area contributed by atoms with Gasteiger partial charge in [0.15, 0.2) is 16.6 Å². The zero-order valence-corrected chi connectivity index (χ0v) is 25.3. The first-order valence-corrected chi connectivity index (χ1v) is 15.1. The number of anilines is 2. The molecule has 7 nitrogen and oxygen atoms in total. The second-order valence-corrected chi connectivity index (χ2v) is 10.8. The average Bonchev–Trinajstić information content (AvgIpc) is 3.44. The molecule has 0 saturated carbocycles. The number of ether oxygens (including phenoxy) is 2. The number of hydrogen-bond acceptors (Lipinski definition) is 7. The number of carbonyl (C=O) groups is 1. The summed E-state index contributed by atoms with van der Waals surface area (Å²) < 4.78 is 11.7. The van der Waals surface area contributed by atoms with Crippen molar-refractivity contribution >= 4 is 57.5 Å². The third kappa shape index (κ3) is 8.95. The molecule has 0 spiro atoms. The Morgan fingerprint density at radius 1 is 1.00 bits per heavy atom. The molecule has 10 heteroatoms. The number of hydrazone groups is 1. The van der Waals surface area contributed by atoms with E-state index in [4.69, 9.17) is 32.7 Å². The quantitative estimate of drug-likeness (QED) is 0.0845. The van der Waals surface area contributed by atoms with Gasteiger partial charge in [-0.25, -0.2) is 10.4 Å². The molecule has 0 aliphatic carbocycles. The van der Waals surface area contributed by atoms with E-state index in [-0.39, 0.29) is 5.91 Å². The lowest BCUT2D eigenvalue weighted by molar-refractivity contribution is 0.0955. The van der Waals surface area contributed by atoms with Crippen LogP contribution in [0.3, 0.4) is 0 Å². The number of nitrogens with zero attached hydrogens (tertiary/aromatic N) is 2. The van der Waals surface area contributed by atoms with E-state index in [1.165, 1.54) is 30.4 Å². The molecule has 1 heterocycles. The van der Waals surface area contributed by atoms with Gasteiger partial charge < -0.3 is 14.8 Å². The molecule has 2 N–H and O–H groups in total. The Bertz CT molecular complexity index is 1460. The van der Waals surface area contributed by atoms with E-state index in [0.717, 1.165) is 34.9 Å². The predicted molar refractivity (Wildman–Crippen MR) is 170 cm³/mol. The van der Waals surface area contributed by atoms with Crippen LogP contribution in [0.2, 0.25) is 10.0 Å². The van der Waals surface area contributed by atoms with Crippen molar-refractivity contribution in [2.24, 2.45) is 5.10 Å². The number of halogens is 2. The average molecular weight is 612 g/mol. The van der Waals surface area contributed by atoms with Crippen LogP contribution in [-0.4, -0.2) is 30.3 Å². The number of carbonyl (C=O) groups excluding carboxylic acids is 1. The topological polar surface area (TPSA) is 84.8 Å². The van der Waals surface area contributed by atoms with E-state index in [1.807, 2.05) is 48.7 Å². The van der Waals surface area contributed by atoms with Gasteiger partial charge in [0.25, 0.3) is 5.91 Å². The molecule has 1 aromatic heterocycles. The molecule has 0 aliphatic heterocycles. The molecule has 4 aromatic rings. The summed E-state index contributed by atoms with van der Waals surface area (Å²) >= 11 is 13.9. The van der Waals surface area contributed by atoms with Crippen LogP contribution >= 0.6 is 34.5 Å². The third-order valence-corrected chi connectivity index (χ3v) is 7.29. The highest BCUT2D eigenvalue weighted by atomic mass is 35.5. The van der Waals surface area contributed by atoms with Gasteiger partial charge in [-0.2, -0.15) is 5.10 Å². The first kappa shape index (κ1) is 30.4. The molecule has 1 amide bonds. The van der Waals surface area contributed by atoms with Crippen molar-refractivity contribution < 1.29 is 14.3 Å². The molecule has 214 valence electrons. The molecular weight excluding hydrogens is 579 g/mol. The van der Waals surface area contributed by atoms with Crippen molar-refractivity contribution in [3.63, 3.8) is 0 Å². The Labute approximate surface area is 254 Å². The summed E-state index contributed by atoms with van der Waals surface area (Å²) in [6.45, 7) is 5.12. The largest absolute Gasteiger partial charge is 0.490 e. The number of amides is 1. The number of benzene rings is 3. The van der Waals surface area contributed by atoms with Gasteiger partial charge in [-0.15, -0.1) is 11.3 Å². The fraction of sp³-hybridized carbons (Fsp3) is 0.258. The fourth-order valence-electron chi connectivity index (χ4n) is 3.91. The number of rotatable bonds is 14. The summed E-state index contributed by atoms with van der Waals surface area (Å²) in [6, 6.07) is 18.2. The molecule has 0 bridgehead atoms. The Kier molecular flexibility index (Phi) is 11.4. The van der Waals surface area contributed by atoms with Crippen molar-refractivity contribution in [3.8, 4) is 22.8 Å². The third-order valence-electron chi connectivity index (χ3n) is 6.00. The molecular formula is C31H32Cl2N4O3S. The van der Waals surface area contributed by atoms with Crippen LogP contribution in [0.4, 0.5) is 10.8 Å². The van der Waals surface area contributed by atoms with E-state index in [0.29, 0.717) is 45.9 Å². The lowest BCUT2D eigenvalue weighted by Gasteiger charge is -2.14. The van der Waals surface area contributed by atoms with Crippen LogP contribution < -0.4 is 20.2 Å². The number of aromatic nitrogens is 1. The smallest absolute Gasteiger partial charge is 0.271 e. The van der Waals surface area contributed by atoms with E-state index in [2.05, 4.69) is 27.8 Å². The summed E-state index contributed by atoms with van der Waals surface area (Å²) in [4.78, 5) is 17.3. The monoisotopic (exact) mass is 610 g/mol. The second-order valence-electron chi connectivity index (χ2n) is 9.12. The normalized spacial score (nSPS) is 11.0. The Hall–Kier alpha value is -3.59.